The molecule has 0 spiro atoms. The highest BCUT2D eigenvalue weighted by Crippen LogP contribution is 2.17. The van der Waals surface area contributed by atoms with E-state index in [4.69, 9.17) is 0 Å². The zero-order valence-electron chi connectivity index (χ0n) is 11.7. The number of rotatable bonds is 2. The number of thioether (sulfide) groups is 1. The maximum atomic E-state index is 12.3. The molecule has 3 nitrogen and oxygen atoms in total. The Balaban J connectivity index is 2.06. The van der Waals surface area contributed by atoms with Crippen LogP contribution in [0.15, 0.2) is 58.4 Å². The van der Waals surface area contributed by atoms with Gasteiger partial charge >= 0.3 is 0 Å². The molecule has 3 aromatic rings. The van der Waals surface area contributed by atoms with Gasteiger partial charge in [0.15, 0.2) is 4.80 Å². The average molecular weight is 314 g/mol. The van der Waals surface area contributed by atoms with Gasteiger partial charge in [-0.3, -0.25) is 4.79 Å². The molecule has 5 heteroatoms. The molecule has 21 heavy (non-hydrogen) atoms. The molecule has 0 aliphatic heterocycles. The number of thiazole rings is 1. The van der Waals surface area contributed by atoms with Crippen LogP contribution in [-0.2, 0) is 7.05 Å². The number of carbonyl (C=O) groups is 1. The van der Waals surface area contributed by atoms with Crippen molar-refractivity contribution in [2.75, 3.05) is 6.26 Å². The van der Waals surface area contributed by atoms with Crippen LogP contribution in [0.1, 0.15) is 10.4 Å². The van der Waals surface area contributed by atoms with E-state index in [2.05, 4.69) is 4.99 Å². The predicted octanol–water partition coefficient (Wildman–Crippen LogP) is 3.70. The second-order valence-corrected chi connectivity index (χ2v) is 6.45. The summed E-state index contributed by atoms with van der Waals surface area (Å²) in [5.41, 5.74) is 1.71. The van der Waals surface area contributed by atoms with E-state index in [0.717, 1.165) is 19.9 Å². The lowest BCUT2D eigenvalue weighted by atomic mass is 10.2. The lowest BCUT2D eigenvalue weighted by Gasteiger charge is -1.99. The molecule has 0 saturated carbocycles. The molecule has 0 unspecified atom stereocenters. The van der Waals surface area contributed by atoms with Crippen molar-refractivity contribution in [2.24, 2.45) is 12.0 Å². The monoisotopic (exact) mass is 314 g/mol. The number of para-hydroxylation sites is 1. The topological polar surface area (TPSA) is 34.4 Å². The van der Waals surface area contributed by atoms with Crippen molar-refractivity contribution in [3.05, 3.63) is 58.9 Å². The van der Waals surface area contributed by atoms with Crippen LogP contribution in [-0.4, -0.2) is 16.7 Å². The summed E-state index contributed by atoms with van der Waals surface area (Å²) >= 11 is 3.14. The van der Waals surface area contributed by atoms with Gasteiger partial charge in [-0.1, -0.05) is 29.5 Å². The Morgan fingerprint density at radius 2 is 2.00 bits per heavy atom. The van der Waals surface area contributed by atoms with Crippen LogP contribution in [0, 0.1) is 0 Å². The fourth-order valence-corrected chi connectivity index (χ4v) is 3.57. The molecule has 0 N–H and O–H groups in total. The van der Waals surface area contributed by atoms with E-state index in [0.29, 0.717) is 5.56 Å². The van der Waals surface area contributed by atoms with Crippen molar-refractivity contribution in [3.8, 4) is 0 Å². The molecule has 0 saturated heterocycles. The quantitative estimate of drug-likeness (QED) is 0.676. The number of aryl methyl sites for hydroxylation is 1. The van der Waals surface area contributed by atoms with Crippen molar-refractivity contribution in [1.29, 1.82) is 0 Å². The predicted molar refractivity (Wildman–Crippen MR) is 88.9 cm³/mol. The van der Waals surface area contributed by atoms with Gasteiger partial charge in [0.1, 0.15) is 0 Å². The van der Waals surface area contributed by atoms with Crippen LogP contribution in [0.4, 0.5) is 0 Å². The summed E-state index contributed by atoms with van der Waals surface area (Å²) < 4.78 is 3.08. The average Bonchev–Trinajstić information content (AvgIpc) is 2.84. The van der Waals surface area contributed by atoms with Gasteiger partial charge in [-0.25, -0.2) is 0 Å². The molecule has 1 aromatic heterocycles. The van der Waals surface area contributed by atoms with E-state index in [9.17, 15) is 4.79 Å². The van der Waals surface area contributed by atoms with Crippen molar-refractivity contribution in [1.82, 2.24) is 4.57 Å². The van der Waals surface area contributed by atoms with Crippen LogP contribution in [0.2, 0.25) is 0 Å². The summed E-state index contributed by atoms with van der Waals surface area (Å²) in [4.78, 5) is 18.4. The zero-order valence-corrected chi connectivity index (χ0v) is 13.4. The van der Waals surface area contributed by atoms with Crippen LogP contribution in [0.5, 0.6) is 0 Å². The Morgan fingerprint density at radius 3 is 2.76 bits per heavy atom. The first kappa shape index (κ1) is 14.1. The maximum absolute atomic E-state index is 12.3. The van der Waals surface area contributed by atoms with E-state index >= 15 is 0 Å². The highest BCUT2D eigenvalue weighted by Gasteiger charge is 2.07. The number of aromatic nitrogens is 1. The largest absolute Gasteiger partial charge is 0.319 e. The van der Waals surface area contributed by atoms with Crippen molar-refractivity contribution in [3.63, 3.8) is 0 Å². The van der Waals surface area contributed by atoms with Gasteiger partial charge in [0.25, 0.3) is 5.91 Å². The summed E-state index contributed by atoms with van der Waals surface area (Å²) in [6.07, 6.45) is 1.99. The van der Waals surface area contributed by atoms with Crippen LogP contribution < -0.4 is 4.80 Å². The second-order valence-electron chi connectivity index (χ2n) is 4.56. The minimum absolute atomic E-state index is 0.201. The Labute approximate surface area is 131 Å². The standard InChI is InChI=1S/C16H14N2OS2/c1-18-13-8-3-4-9-14(13)21-16(18)17-15(19)11-6-5-7-12(10-11)20-2/h3-10H,1-2H3. The summed E-state index contributed by atoms with van der Waals surface area (Å²) in [6.45, 7) is 0. The Morgan fingerprint density at radius 1 is 1.19 bits per heavy atom. The minimum Gasteiger partial charge on any atom is -0.319 e. The molecule has 0 radical (unpaired) electrons. The van der Waals surface area contributed by atoms with Gasteiger partial charge < -0.3 is 4.57 Å². The van der Waals surface area contributed by atoms with E-state index in [1.807, 2.05) is 60.3 Å². The number of fused-ring (bicyclic) bond motifs is 1. The SMILES string of the molecule is CSc1cccc(C(=O)N=c2sc3ccccc3n2C)c1. The second kappa shape index (κ2) is 5.87. The van der Waals surface area contributed by atoms with Gasteiger partial charge in [0.2, 0.25) is 0 Å². The van der Waals surface area contributed by atoms with E-state index in [1.165, 1.54) is 11.3 Å². The Hall–Kier alpha value is -1.85. The van der Waals surface area contributed by atoms with Gasteiger partial charge in [-0.05, 0) is 36.6 Å². The highest BCUT2D eigenvalue weighted by atomic mass is 32.2. The van der Waals surface area contributed by atoms with Crippen LogP contribution in [0.25, 0.3) is 10.2 Å². The lowest BCUT2D eigenvalue weighted by molar-refractivity contribution is 0.0997. The van der Waals surface area contributed by atoms with Crippen LogP contribution >= 0.6 is 23.1 Å². The third kappa shape index (κ3) is 2.80. The molecule has 0 atom stereocenters. The third-order valence-electron chi connectivity index (χ3n) is 3.23. The number of carbonyl (C=O) groups excluding carboxylic acids is 1. The number of hydrogen-bond acceptors (Lipinski definition) is 3. The fourth-order valence-electron chi connectivity index (χ4n) is 2.10. The Kier molecular flexibility index (Phi) is 3.94. The molecule has 0 aliphatic carbocycles. The number of benzene rings is 2. The Bertz CT molecular complexity index is 877. The minimum atomic E-state index is -0.201. The molecular weight excluding hydrogens is 300 g/mol. The first-order chi connectivity index (χ1) is 10.2. The van der Waals surface area contributed by atoms with E-state index in [-0.39, 0.29) is 5.91 Å². The summed E-state index contributed by atoms with van der Waals surface area (Å²) in [6, 6.07) is 15.6. The first-order valence-corrected chi connectivity index (χ1v) is 8.51. The summed E-state index contributed by atoms with van der Waals surface area (Å²) in [7, 11) is 1.93. The van der Waals surface area contributed by atoms with Gasteiger partial charge in [0, 0.05) is 17.5 Å². The third-order valence-corrected chi connectivity index (χ3v) is 5.07. The van der Waals surface area contributed by atoms with Gasteiger partial charge in [-0.2, -0.15) is 4.99 Å². The molecule has 106 valence electrons. The number of hydrogen-bond donors (Lipinski definition) is 0. The number of amides is 1. The maximum Gasteiger partial charge on any atom is 0.279 e. The van der Waals surface area contributed by atoms with Gasteiger partial charge in [0.05, 0.1) is 10.2 Å². The molecule has 0 aliphatic rings. The summed E-state index contributed by atoms with van der Waals surface area (Å²) in [5.74, 6) is -0.201. The molecule has 2 aromatic carbocycles. The fraction of sp³-hybridized carbons (Fsp3) is 0.125. The molecule has 3 rings (SSSR count). The van der Waals surface area contributed by atoms with E-state index in [1.54, 1.807) is 17.8 Å². The molecule has 1 amide bonds. The number of nitrogens with zero attached hydrogens (tertiary/aromatic N) is 2. The lowest BCUT2D eigenvalue weighted by Crippen LogP contribution is -2.13. The molecular formula is C16H14N2OS2. The smallest absolute Gasteiger partial charge is 0.279 e. The van der Waals surface area contributed by atoms with Crippen molar-refractivity contribution < 1.29 is 4.79 Å². The van der Waals surface area contributed by atoms with Gasteiger partial charge in [-0.15, -0.1) is 11.8 Å². The highest BCUT2D eigenvalue weighted by molar-refractivity contribution is 7.98. The van der Waals surface area contributed by atoms with Crippen molar-refractivity contribution in [2.45, 2.75) is 4.90 Å². The van der Waals surface area contributed by atoms with E-state index < -0.39 is 0 Å². The summed E-state index contributed by atoms with van der Waals surface area (Å²) in [5, 5.41) is 0. The van der Waals surface area contributed by atoms with Crippen LogP contribution in [0.3, 0.4) is 0 Å². The zero-order chi connectivity index (χ0) is 14.8. The molecule has 1 heterocycles. The molecule has 0 fully saturated rings. The molecule has 0 bridgehead atoms. The normalized spacial score (nSPS) is 12.0. The van der Waals surface area contributed by atoms with Crippen molar-refractivity contribution >= 4 is 39.2 Å². The first-order valence-electron chi connectivity index (χ1n) is 6.47.